The van der Waals surface area contributed by atoms with Crippen LogP contribution >= 0.6 is 22.7 Å². The standard InChI is InChI=1S/C11H8F3N5S2/c1-6-15-9(11(12,13)14)8(21-6)4-19-17-10(16-18-19)7-2-3-20-5-7/h2-3,5H,4H2,1H3. The number of aryl methyl sites for hydroxylation is 1. The molecule has 0 aromatic carbocycles. The summed E-state index contributed by atoms with van der Waals surface area (Å²) in [5.74, 6) is 0.394. The lowest BCUT2D eigenvalue weighted by Gasteiger charge is -2.04. The summed E-state index contributed by atoms with van der Waals surface area (Å²) >= 11 is 2.47. The summed E-state index contributed by atoms with van der Waals surface area (Å²) in [4.78, 5) is 4.77. The molecule has 0 N–H and O–H groups in total. The molecule has 0 atom stereocenters. The summed E-state index contributed by atoms with van der Waals surface area (Å²) in [6, 6.07) is 1.82. The van der Waals surface area contributed by atoms with Crippen LogP contribution < -0.4 is 0 Å². The van der Waals surface area contributed by atoms with Crippen LogP contribution in [0.5, 0.6) is 0 Å². The van der Waals surface area contributed by atoms with E-state index in [0.29, 0.717) is 10.8 Å². The largest absolute Gasteiger partial charge is 0.434 e. The summed E-state index contributed by atoms with van der Waals surface area (Å²) in [5, 5.41) is 15.8. The van der Waals surface area contributed by atoms with E-state index in [9.17, 15) is 13.2 Å². The maximum absolute atomic E-state index is 12.9. The van der Waals surface area contributed by atoms with Gasteiger partial charge in [0, 0.05) is 10.9 Å². The fourth-order valence-corrected chi connectivity index (χ4v) is 3.31. The number of nitrogens with zero attached hydrogens (tertiary/aromatic N) is 5. The molecule has 110 valence electrons. The molecule has 0 aliphatic heterocycles. The molecular weight excluding hydrogens is 323 g/mol. The van der Waals surface area contributed by atoms with Crippen molar-refractivity contribution in [2.45, 2.75) is 19.6 Å². The fraction of sp³-hybridized carbons (Fsp3) is 0.273. The predicted molar refractivity (Wildman–Crippen MR) is 72.1 cm³/mol. The van der Waals surface area contributed by atoms with Gasteiger partial charge in [-0.1, -0.05) is 0 Å². The first-order valence-electron chi connectivity index (χ1n) is 5.77. The van der Waals surface area contributed by atoms with E-state index in [1.165, 1.54) is 18.3 Å². The van der Waals surface area contributed by atoms with Gasteiger partial charge in [0.1, 0.15) is 0 Å². The second-order valence-corrected chi connectivity index (χ2v) is 6.23. The Bertz CT molecular complexity index is 744. The molecule has 3 heterocycles. The van der Waals surface area contributed by atoms with Crippen molar-refractivity contribution in [1.82, 2.24) is 25.2 Å². The lowest BCUT2D eigenvalue weighted by molar-refractivity contribution is -0.141. The van der Waals surface area contributed by atoms with E-state index in [0.717, 1.165) is 21.7 Å². The van der Waals surface area contributed by atoms with Crippen LogP contribution in [0.15, 0.2) is 16.8 Å². The predicted octanol–water partition coefficient (Wildman–Crippen LogP) is 3.23. The maximum Gasteiger partial charge on any atom is 0.434 e. The van der Waals surface area contributed by atoms with E-state index in [-0.39, 0.29) is 11.4 Å². The molecule has 0 fully saturated rings. The van der Waals surface area contributed by atoms with Gasteiger partial charge < -0.3 is 0 Å². The molecule has 0 saturated carbocycles. The van der Waals surface area contributed by atoms with Crippen LogP contribution in [-0.4, -0.2) is 25.2 Å². The van der Waals surface area contributed by atoms with Gasteiger partial charge in [-0.05, 0) is 23.6 Å². The number of alkyl halides is 3. The Morgan fingerprint density at radius 3 is 2.81 bits per heavy atom. The zero-order valence-electron chi connectivity index (χ0n) is 10.6. The van der Waals surface area contributed by atoms with Crippen LogP contribution in [0, 0.1) is 6.92 Å². The number of rotatable bonds is 3. The van der Waals surface area contributed by atoms with Crippen molar-refractivity contribution in [3.05, 3.63) is 32.4 Å². The van der Waals surface area contributed by atoms with Crippen LogP contribution in [-0.2, 0) is 12.7 Å². The molecule has 3 aromatic rings. The average Bonchev–Trinajstić information content (AvgIpc) is 3.08. The minimum atomic E-state index is -4.48. The highest BCUT2D eigenvalue weighted by Gasteiger charge is 2.37. The van der Waals surface area contributed by atoms with Gasteiger partial charge in [0.05, 0.1) is 16.4 Å². The molecule has 21 heavy (non-hydrogen) atoms. The fourth-order valence-electron chi connectivity index (χ4n) is 1.74. The zero-order valence-corrected chi connectivity index (χ0v) is 12.3. The number of halogens is 3. The molecule has 0 radical (unpaired) electrons. The Labute approximate surface area is 125 Å². The molecule has 3 rings (SSSR count). The molecule has 0 unspecified atom stereocenters. The van der Waals surface area contributed by atoms with Crippen molar-refractivity contribution >= 4 is 22.7 Å². The number of thiophene rings is 1. The number of hydrogen-bond acceptors (Lipinski definition) is 6. The van der Waals surface area contributed by atoms with Gasteiger partial charge >= 0.3 is 6.18 Å². The molecule has 0 bridgehead atoms. The first kappa shape index (κ1) is 14.1. The minimum absolute atomic E-state index is 0.0780. The van der Waals surface area contributed by atoms with Crippen molar-refractivity contribution in [1.29, 1.82) is 0 Å². The molecule has 0 aliphatic carbocycles. The monoisotopic (exact) mass is 331 g/mol. The SMILES string of the molecule is Cc1nc(C(F)(F)F)c(Cn2nnc(-c3ccsc3)n2)s1. The first-order valence-corrected chi connectivity index (χ1v) is 7.53. The van der Waals surface area contributed by atoms with Gasteiger partial charge in [-0.15, -0.1) is 21.5 Å². The van der Waals surface area contributed by atoms with Crippen molar-refractivity contribution < 1.29 is 13.2 Å². The van der Waals surface area contributed by atoms with Gasteiger partial charge in [0.25, 0.3) is 0 Å². The van der Waals surface area contributed by atoms with Crippen molar-refractivity contribution in [3.8, 4) is 11.4 Å². The summed E-state index contributed by atoms with van der Waals surface area (Å²) < 4.78 is 38.6. The molecule has 3 aromatic heterocycles. The Morgan fingerprint density at radius 1 is 1.33 bits per heavy atom. The molecule has 10 heteroatoms. The van der Waals surface area contributed by atoms with E-state index < -0.39 is 11.9 Å². The summed E-state index contributed by atoms with van der Waals surface area (Å²) in [6.07, 6.45) is -4.48. The third kappa shape index (κ3) is 2.95. The summed E-state index contributed by atoms with van der Waals surface area (Å²) in [5.41, 5.74) is -0.0813. The molecule has 0 spiro atoms. The van der Waals surface area contributed by atoms with E-state index in [4.69, 9.17) is 0 Å². The third-order valence-corrected chi connectivity index (χ3v) is 4.23. The maximum atomic E-state index is 12.9. The molecule has 0 saturated heterocycles. The summed E-state index contributed by atoms with van der Waals surface area (Å²) in [6.45, 7) is 1.44. The van der Waals surface area contributed by atoms with Gasteiger partial charge in [-0.25, -0.2) is 4.98 Å². The Hall–Kier alpha value is -1.81. The third-order valence-electron chi connectivity index (χ3n) is 2.59. The van der Waals surface area contributed by atoms with Gasteiger partial charge in [0.2, 0.25) is 5.82 Å². The molecule has 0 amide bonds. The van der Waals surface area contributed by atoms with Gasteiger partial charge in [-0.3, -0.25) is 0 Å². The van der Waals surface area contributed by atoms with Crippen molar-refractivity contribution in [2.24, 2.45) is 0 Å². The Kier molecular flexibility index (Phi) is 3.49. The van der Waals surface area contributed by atoms with Crippen molar-refractivity contribution in [3.63, 3.8) is 0 Å². The van der Waals surface area contributed by atoms with Crippen LogP contribution in [0.1, 0.15) is 15.6 Å². The van der Waals surface area contributed by atoms with E-state index in [1.54, 1.807) is 0 Å². The second-order valence-electron chi connectivity index (χ2n) is 4.16. The van der Waals surface area contributed by atoms with E-state index >= 15 is 0 Å². The molecular formula is C11H8F3N5S2. The highest BCUT2D eigenvalue weighted by molar-refractivity contribution is 7.11. The van der Waals surface area contributed by atoms with E-state index in [2.05, 4.69) is 20.4 Å². The zero-order chi connectivity index (χ0) is 15.0. The quantitative estimate of drug-likeness (QED) is 0.739. The van der Waals surface area contributed by atoms with Gasteiger partial charge in [0.15, 0.2) is 5.69 Å². The second kappa shape index (κ2) is 5.19. The Morgan fingerprint density at radius 2 is 2.14 bits per heavy atom. The van der Waals surface area contributed by atoms with Crippen LogP contribution in [0.2, 0.25) is 0 Å². The Balaban J connectivity index is 1.88. The molecule has 5 nitrogen and oxygen atoms in total. The van der Waals surface area contributed by atoms with Crippen LogP contribution in [0.25, 0.3) is 11.4 Å². The highest BCUT2D eigenvalue weighted by atomic mass is 32.1. The van der Waals surface area contributed by atoms with Gasteiger partial charge in [-0.2, -0.15) is 29.3 Å². The van der Waals surface area contributed by atoms with Crippen LogP contribution in [0.4, 0.5) is 13.2 Å². The smallest absolute Gasteiger partial charge is 0.237 e. The van der Waals surface area contributed by atoms with Crippen molar-refractivity contribution in [2.75, 3.05) is 0 Å². The van der Waals surface area contributed by atoms with E-state index in [1.807, 2.05) is 16.8 Å². The number of tetrazole rings is 1. The topological polar surface area (TPSA) is 56.5 Å². The lowest BCUT2D eigenvalue weighted by atomic mass is 10.3. The minimum Gasteiger partial charge on any atom is -0.237 e. The van der Waals surface area contributed by atoms with Crippen LogP contribution in [0.3, 0.4) is 0 Å². The average molecular weight is 331 g/mol. The molecule has 0 aliphatic rings. The highest BCUT2D eigenvalue weighted by Crippen LogP contribution is 2.34. The lowest BCUT2D eigenvalue weighted by Crippen LogP contribution is -2.12. The summed E-state index contributed by atoms with van der Waals surface area (Å²) in [7, 11) is 0. The normalized spacial score (nSPS) is 12.0. The first-order chi connectivity index (χ1) is 9.93. The number of hydrogen-bond donors (Lipinski definition) is 0. The number of aromatic nitrogens is 5. The number of thiazole rings is 1.